The smallest absolute Gasteiger partial charge is 0.160 e. The molecule has 6 aromatic carbocycles. The van der Waals surface area contributed by atoms with Crippen molar-refractivity contribution >= 4 is 32.7 Å². The standard InChI is InChI=1S/C41H29N3/c1-41(2)33-19-11-9-17-29(33)31-22-23-34-37(38(31)41)39(26-13-5-3-6-14-26)43-40(42-34)27-21-24-36-32(25-27)30-18-10-12-20-35(30)44(36)28-15-7-4-8-16-28/h3-25H,1-2H3. The molecule has 0 radical (unpaired) electrons. The predicted octanol–water partition coefficient (Wildman–Crippen LogP) is 10.4. The second-order valence-electron chi connectivity index (χ2n) is 12.2. The lowest BCUT2D eigenvalue weighted by Crippen LogP contribution is -2.16. The number of hydrogen-bond acceptors (Lipinski definition) is 2. The van der Waals surface area contributed by atoms with Gasteiger partial charge in [-0.15, -0.1) is 0 Å². The number of nitrogens with zero attached hydrogens (tertiary/aromatic N) is 3. The molecule has 2 aromatic heterocycles. The van der Waals surface area contributed by atoms with Crippen molar-refractivity contribution in [3.63, 3.8) is 0 Å². The van der Waals surface area contributed by atoms with Gasteiger partial charge >= 0.3 is 0 Å². The number of para-hydroxylation sites is 2. The van der Waals surface area contributed by atoms with Crippen molar-refractivity contribution in [2.75, 3.05) is 0 Å². The Labute approximate surface area is 256 Å². The molecule has 208 valence electrons. The van der Waals surface area contributed by atoms with E-state index in [4.69, 9.17) is 9.97 Å². The van der Waals surface area contributed by atoms with Gasteiger partial charge in [0.1, 0.15) is 0 Å². The molecule has 8 aromatic rings. The number of rotatable bonds is 3. The van der Waals surface area contributed by atoms with Crippen molar-refractivity contribution in [3.8, 4) is 39.5 Å². The summed E-state index contributed by atoms with van der Waals surface area (Å²) in [6, 6.07) is 49.7. The first kappa shape index (κ1) is 25.0. The van der Waals surface area contributed by atoms with Crippen LogP contribution in [-0.2, 0) is 5.41 Å². The van der Waals surface area contributed by atoms with Crippen LogP contribution in [0.4, 0.5) is 0 Å². The summed E-state index contributed by atoms with van der Waals surface area (Å²) in [6.45, 7) is 4.66. The number of fused-ring (bicyclic) bond motifs is 8. The Morgan fingerprint density at radius 2 is 1.25 bits per heavy atom. The lowest BCUT2D eigenvalue weighted by atomic mass is 9.80. The second-order valence-corrected chi connectivity index (χ2v) is 12.2. The molecule has 0 N–H and O–H groups in total. The second kappa shape index (κ2) is 9.23. The Morgan fingerprint density at radius 1 is 0.545 bits per heavy atom. The van der Waals surface area contributed by atoms with Crippen LogP contribution in [0.25, 0.3) is 72.2 Å². The van der Waals surface area contributed by atoms with Gasteiger partial charge in [0, 0.05) is 38.4 Å². The predicted molar refractivity (Wildman–Crippen MR) is 182 cm³/mol. The molecule has 9 rings (SSSR count). The molecule has 1 aliphatic rings. The van der Waals surface area contributed by atoms with Gasteiger partial charge in [-0.25, -0.2) is 9.97 Å². The monoisotopic (exact) mass is 563 g/mol. The van der Waals surface area contributed by atoms with Crippen LogP contribution in [0.1, 0.15) is 25.0 Å². The van der Waals surface area contributed by atoms with E-state index in [1.165, 1.54) is 44.1 Å². The van der Waals surface area contributed by atoms with E-state index in [-0.39, 0.29) is 5.41 Å². The van der Waals surface area contributed by atoms with Crippen molar-refractivity contribution in [1.82, 2.24) is 14.5 Å². The SMILES string of the molecule is CC1(C)c2ccccc2-c2ccc3nc(-c4ccc5c(c4)c4ccccc4n5-c4ccccc4)nc(-c4ccccc4)c3c21. The molecule has 1 aliphatic carbocycles. The van der Waals surface area contributed by atoms with E-state index in [1.807, 2.05) is 0 Å². The highest BCUT2D eigenvalue weighted by Gasteiger charge is 2.38. The van der Waals surface area contributed by atoms with Gasteiger partial charge in [-0.1, -0.05) is 111 Å². The molecule has 3 nitrogen and oxygen atoms in total. The van der Waals surface area contributed by atoms with E-state index in [0.29, 0.717) is 0 Å². The van der Waals surface area contributed by atoms with Crippen molar-refractivity contribution in [3.05, 3.63) is 151 Å². The molecule has 0 amide bonds. The summed E-state index contributed by atoms with van der Waals surface area (Å²) in [6.07, 6.45) is 0. The summed E-state index contributed by atoms with van der Waals surface area (Å²) in [5.74, 6) is 0.739. The van der Waals surface area contributed by atoms with Gasteiger partial charge < -0.3 is 4.57 Å². The third-order valence-corrected chi connectivity index (χ3v) is 9.37. The average Bonchev–Trinajstić information content (AvgIpc) is 3.53. The lowest BCUT2D eigenvalue weighted by molar-refractivity contribution is 0.666. The van der Waals surface area contributed by atoms with Crippen LogP contribution in [0.2, 0.25) is 0 Å². The Balaban J connectivity index is 1.32. The maximum Gasteiger partial charge on any atom is 0.160 e. The van der Waals surface area contributed by atoms with Crippen LogP contribution < -0.4 is 0 Å². The maximum atomic E-state index is 5.38. The van der Waals surface area contributed by atoms with E-state index < -0.39 is 0 Å². The van der Waals surface area contributed by atoms with Gasteiger partial charge in [0.05, 0.1) is 22.2 Å². The summed E-state index contributed by atoms with van der Waals surface area (Å²) in [5.41, 5.74) is 12.6. The highest BCUT2D eigenvalue weighted by Crippen LogP contribution is 2.52. The molecular weight excluding hydrogens is 534 g/mol. The van der Waals surface area contributed by atoms with Crippen LogP contribution in [0, 0.1) is 0 Å². The van der Waals surface area contributed by atoms with Crippen LogP contribution in [-0.4, -0.2) is 14.5 Å². The quantitative estimate of drug-likeness (QED) is 0.214. The molecule has 0 saturated carbocycles. The van der Waals surface area contributed by atoms with E-state index in [0.717, 1.165) is 39.2 Å². The fourth-order valence-electron chi connectivity index (χ4n) is 7.40. The normalized spacial score (nSPS) is 13.4. The summed E-state index contributed by atoms with van der Waals surface area (Å²) in [7, 11) is 0. The van der Waals surface area contributed by atoms with Crippen LogP contribution in [0.5, 0.6) is 0 Å². The first-order chi connectivity index (χ1) is 21.6. The Bertz CT molecular complexity index is 2400. The molecule has 0 fully saturated rings. The highest BCUT2D eigenvalue weighted by atomic mass is 15.0. The molecular formula is C41H29N3. The summed E-state index contributed by atoms with van der Waals surface area (Å²) < 4.78 is 2.34. The molecule has 3 heteroatoms. The summed E-state index contributed by atoms with van der Waals surface area (Å²) in [4.78, 5) is 10.7. The van der Waals surface area contributed by atoms with Gasteiger partial charge in [-0.3, -0.25) is 0 Å². The van der Waals surface area contributed by atoms with Crippen molar-refractivity contribution in [2.24, 2.45) is 0 Å². The zero-order valence-corrected chi connectivity index (χ0v) is 24.6. The van der Waals surface area contributed by atoms with Crippen LogP contribution >= 0.6 is 0 Å². The van der Waals surface area contributed by atoms with E-state index in [1.54, 1.807) is 0 Å². The zero-order valence-electron chi connectivity index (χ0n) is 24.6. The largest absolute Gasteiger partial charge is 0.309 e. The van der Waals surface area contributed by atoms with Gasteiger partial charge in [0.25, 0.3) is 0 Å². The fourth-order valence-corrected chi connectivity index (χ4v) is 7.40. The Kier molecular flexibility index (Phi) is 5.24. The third kappa shape index (κ3) is 3.50. The van der Waals surface area contributed by atoms with E-state index in [2.05, 4.69) is 158 Å². The van der Waals surface area contributed by atoms with Crippen LogP contribution in [0.15, 0.2) is 140 Å². The maximum absolute atomic E-state index is 5.38. The minimum absolute atomic E-state index is 0.169. The Morgan fingerprint density at radius 3 is 2.09 bits per heavy atom. The lowest BCUT2D eigenvalue weighted by Gasteiger charge is -2.24. The van der Waals surface area contributed by atoms with Gasteiger partial charge in [0.2, 0.25) is 0 Å². The molecule has 2 heterocycles. The zero-order chi connectivity index (χ0) is 29.4. The van der Waals surface area contributed by atoms with Gasteiger partial charge in [-0.2, -0.15) is 0 Å². The topological polar surface area (TPSA) is 30.7 Å². The van der Waals surface area contributed by atoms with Crippen molar-refractivity contribution in [2.45, 2.75) is 19.3 Å². The van der Waals surface area contributed by atoms with Crippen LogP contribution in [0.3, 0.4) is 0 Å². The Hall–Kier alpha value is -5.54. The molecule has 0 saturated heterocycles. The van der Waals surface area contributed by atoms with E-state index in [9.17, 15) is 0 Å². The number of hydrogen-bond donors (Lipinski definition) is 0. The first-order valence-corrected chi connectivity index (χ1v) is 15.2. The van der Waals surface area contributed by atoms with Crippen molar-refractivity contribution in [1.29, 1.82) is 0 Å². The summed E-state index contributed by atoms with van der Waals surface area (Å²) in [5, 5.41) is 3.55. The minimum Gasteiger partial charge on any atom is -0.309 e. The van der Waals surface area contributed by atoms with Crippen molar-refractivity contribution < 1.29 is 0 Å². The van der Waals surface area contributed by atoms with Gasteiger partial charge in [0.15, 0.2) is 5.82 Å². The third-order valence-electron chi connectivity index (χ3n) is 9.37. The number of benzene rings is 6. The molecule has 0 unspecified atom stereocenters. The molecule has 0 bridgehead atoms. The fraction of sp³-hybridized carbons (Fsp3) is 0.0732. The highest BCUT2D eigenvalue weighted by molar-refractivity contribution is 6.10. The van der Waals surface area contributed by atoms with E-state index >= 15 is 0 Å². The first-order valence-electron chi connectivity index (χ1n) is 15.2. The molecule has 0 aliphatic heterocycles. The molecule has 0 atom stereocenters. The van der Waals surface area contributed by atoms with Gasteiger partial charge in [-0.05, 0) is 64.7 Å². The molecule has 44 heavy (non-hydrogen) atoms. The molecule has 0 spiro atoms. The minimum atomic E-state index is -0.169. The summed E-state index contributed by atoms with van der Waals surface area (Å²) >= 11 is 0. The average molecular weight is 564 g/mol. The number of aromatic nitrogens is 3.